The van der Waals surface area contributed by atoms with Crippen molar-refractivity contribution < 1.29 is 19.2 Å². The molecule has 6 nitrogen and oxygen atoms in total. The minimum atomic E-state index is -0.520. The van der Waals surface area contributed by atoms with Crippen molar-refractivity contribution in [1.82, 2.24) is 0 Å². The van der Waals surface area contributed by atoms with E-state index < -0.39 is 4.92 Å². The molecule has 0 radical (unpaired) electrons. The van der Waals surface area contributed by atoms with Crippen molar-refractivity contribution in [2.45, 2.75) is 17.2 Å². The predicted molar refractivity (Wildman–Crippen MR) is 120 cm³/mol. The number of carbonyl (C=O) groups excluding carboxylic acids is 2. The first-order valence-electron chi connectivity index (χ1n) is 9.61. The quantitative estimate of drug-likeness (QED) is 0.150. The molecule has 0 fully saturated rings. The Balaban J connectivity index is 1.69. The zero-order chi connectivity index (χ0) is 22.2. The van der Waals surface area contributed by atoms with E-state index >= 15 is 0 Å². The summed E-state index contributed by atoms with van der Waals surface area (Å²) in [5.41, 5.74) is 1.68. The molecule has 31 heavy (non-hydrogen) atoms. The van der Waals surface area contributed by atoms with Gasteiger partial charge in [-0.3, -0.25) is 19.7 Å². The lowest BCUT2D eigenvalue weighted by molar-refractivity contribution is -0.384. The molecule has 1 atom stereocenters. The highest BCUT2D eigenvalue weighted by atomic mass is 32.2. The summed E-state index contributed by atoms with van der Waals surface area (Å²) in [6.07, 6.45) is 0.289. The van der Waals surface area contributed by atoms with Gasteiger partial charge in [0.25, 0.3) is 5.69 Å². The van der Waals surface area contributed by atoms with Crippen LogP contribution in [0.15, 0.2) is 83.8 Å². The van der Waals surface area contributed by atoms with Crippen molar-refractivity contribution in [1.29, 1.82) is 0 Å². The first-order valence-corrected chi connectivity index (χ1v) is 10.6. The third-order valence-corrected chi connectivity index (χ3v) is 5.97. The number of hydrogen-bond acceptors (Lipinski definition) is 6. The highest BCUT2D eigenvalue weighted by Gasteiger charge is 2.17. The Morgan fingerprint density at radius 3 is 2.32 bits per heavy atom. The highest BCUT2D eigenvalue weighted by molar-refractivity contribution is 7.99. The molecule has 0 N–H and O–H groups in total. The predicted octanol–water partition coefficient (Wildman–Crippen LogP) is 5.26. The van der Waals surface area contributed by atoms with Gasteiger partial charge in [-0.2, -0.15) is 0 Å². The van der Waals surface area contributed by atoms with Crippen molar-refractivity contribution in [3.05, 3.63) is 106 Å². The third kappa shape index (κ3) is 6.02. The molecule has 0 aliphatic carbocycles. The first-order chi connectivity index (χ1) is 15.0. The molecule has 7 heteroatoms. The number of methoxy groups -OCH3 is 1. The monoisotopic (exact) mass is 435 g/mol. The molecule has 0 heterocycles. The number of benzene rings is 3. The lowest BCUT2D eigenvalue weighted by Gasteiger charge is -2.16. The molecule has 0 bridgehead atoms. The van der Waals surface area contributed by atoms with Crippen LogP contribution in [-0.2, 0) is 9.53 Å². The molecule has 0 amide bonds. The van der Waals surface area contributed by atoms with Crippen LogP contribution in [0.25, 0.3) is 0 Å². The van der Waals surface area contributed by atoms with E-state index in [1.165, 1.54) is 25.3 Å². The number of thioether (sulfide) groups is 1. The number of non-ortho nitro benzene ring substituents is 1. The molecule has 0 saturated heterocycles. The molecule has 3 rings (SSSR count). The number of nitrogens with zero attached hydrogens (tertiary/aromatic N) is 1. The Bertz CT molecular complexity index is 1070. The molecule has 0 aromatic heterocycles. The minimum absolute atomic E-state index is 0.00447. The van der Waals surface area contributed by atoms with Crippen molar-refractivity contribution >= 4 is 29.2 Å². The number of nitro benzene ring substituents is 1. The Morgan fingerprint density at radius 1 is 0.968 bits per heavy atom. The van der Waals surface area contributed by atoms with Gasteiger partial charge in [0.15, 0.2) is 5.78 Å². The van der Waals surface area contributed by atoms with Crippen molar-refractivity contribution in [2.24, 2.45) is 0 Å². The van der Waals surface area contributed by atoms with Gasteiger partial charge >= 0.3 is 5.97 Å². The molecule has 0 aliphatic heterocycles. The summed E-state index contributed by atoms with van der Waals surface area (Å²) < 4.78 is 4.83. The molecule has 0 saturated carbocycles. The second-order valence-corrected chi connectivity index (χ2v) is 7.95. The van der Waals surface area contributed by atoms with Gasteiger partial charge in [-0.25, -0.2) is 0 Å². The number of ketones is 1. The summed E-state index contributed by atoms with van der Waals surface area (Å²) in [7, 11) is 1.38. The largest absolute Gasteiger partial charge is 0.469 e. The highest BCUT2D eigenvalue weighted by Crippen LogP contribution is 2.29. The molecule has 158 valence electrons. The summed E-state index contributed by atoms with van der Waals surface area (Å²) in [5, 5.41) is 10.9. The van der Waals surface area contributed by atoms with Crippen LogP contribution < -0.4 is 0 Å². The van der Waals surface area contributed by atoms with Crippen LogP contribution in [0.4, 0.5) is 5.69 Å². The van der Waals surface area contributed by atoms with Gasteiger partial charge in [0.2, 0.25) is 0 Å². The third-order valence-electron chi connectivity index (χ3n) is 4.80. The van der Waals surface area contributed by atoms with Gasteiger partial charge in [0, 0.05) is 39.8 Å². The zero-order valence-corrected chi connectivity index (χ0v) is 17.7. The van der Waals surface area contributed by atoms with Gasteiger partial charge < -0.3 is 4.74 Å². The lowest BCUT2D eigenvalue weighted by atomic mass is 9.98. The van der Waals surface area contributed by atoms with Crippen LogP contribution in [-0.4, -0.2) is 29.5 Å². The molecular weight excluding hydrogens is 414 g/mol. The maximum atomic E-state index is 12.7. The first kappa shape index (κ1) is 22.2. The molecular formula is C24H21NO5S. The van der Waals surface area contributed by atoms with Crippen LogP contribution in [0.2, 0.25) is 0 Å². The summed E-state index contributed by atoms with van der Waals surface area (Å²) in [4.78, 5) is 35.8. The molecule has 0 spiro atoms. The Morgan fingerprint density at radius 2 is 1.68 bits per heavy atom. The zero-order valence-electron chi connectivity index (χ0n) is 16.9. The van der Waals surface area contributed by atoms with Gasteiger partial charge in [-0.05, 0) is 29.8 Å². The van der Waals surface area contributed by atoms with E-state index in [1.807, 2.05) is 42.5 Å². The number of nitro groups is 1. The second-order valence-electron chi connectivity index (χ2n) is 6.86. The van der Waals surface area contributed by atoms with Crippen molar-refractivity contribution in [3.63, 3.8) is 0 Å². The fourth-order valence-corrected chi connectivity index (χ4v) is 4.14. The Labute approximate surface area is 184 Å². The normalized spacial score (nSPS) is 11.5. The maximum absolute atomic E-state index is 12.7. The SMILES string of the molecule is COC(=O)CC(CSc1ccc(C(=O)c2cccc([N+](=O)[O-])c2)cc1)c1ccccc1. The van der Waals surface area contributed by atoms with Crippen molar-refractivity contribution in [3.8, 4) is 0 Å². The van der Waals surface area contributed by atoms with Crippen LogP contribution in [0.1, 0.15) is 33.8 Å². The number of esters is 1. The van der Waals surface area contributed by atoms with Crippen molar-refractivity contribution in [2.75, 3.05) is 12.9 Å². The number of carbonyl (C=O) groups is 2. The molecule has 3 aromatic rings. The van der Waals surface area contributed by atoms with Gasteiger partial charge in [0.1, 0.15) is 0 Å². The van der Waals surface area contributed by atoms with Crippen LogP contribution in [0, 0.1) is 10.1 Å². The van der Waals surface area contributed by atoms with E-state index in [-0.39, 0.29) is 35.3 Å². The van der Waals surface area contributed by atoms with E-state index in [0.717, 1.165) is 10.5 Å². The minimum Gasteiger partial charge on any atom is -0.469 e. The fraction of sp³-hybridized carbons (Fsp3) is 0.167. The van der Waals surface area contributed by atoms with E-state index in [4.69, 9.17) is 4.74 Å². The summed E-state index contributed by atoms with van der Waals surface area (Å²) >= 11 is 1.59. The maximum Gasteiger partial charge on any atom is 0.306 e. The summed E-state index contributed by atoms with van der Waals surface area (Å²) in [5.74, 6) is 0.155. The average Bonchev–Trinajstić information content (AvgIpc) is 2.82. The fourth-order valence-electron chi connectivity index (χ4n) is 3.11. The average molecular weight is 436 g/mol. The van der Waals surface area contributed by atoms with Crippen LogP contribution >= 0.6 is 11.8 Å². The molecule has 3 aromatic carbocycles. The second kappa shape index (κ2) is 10.5. The van der Waals surface area contributed by atoms with Gasteiger partial charge in [-0.15, -0.1) is 11.8 Å². The van der Waals surface area contributed by atoms with Crippen LogP contribution in [0.3, 0.4) is 0 Å². The molecule has 0 aliphatic rings. The standard InChI is InChI=1S/C24H21NO5S/c1-30-23(26)15-20(17-6-3-2-4-7-17)16-31-22-12-10-18(11-13-22)24(27)19-8-5-9-21(14-19)25(28)29/h2-14,20H,15-16H2,1H3. The smallest absolute Gasteiger partial charge is 0.306 e. The van der Waals surface area contributed by atoms with E-state index in [9.17, 15) is 19.7 Å². The summed E-state index contributed by atoms with van der Waals surface area (Å²) in [6, 6.07) is 22.6. The van der Waals surface area contributed by atoms with E-state index in [0.29, 0.717) is 11.3 Å². The Hall–Kier alpha value is -3.45. The number of ether oxygens (including phenoxy) is 1. The number of rotatable bonds is 9. The Kier molecular flexibility index (Phi) is 7.56. The summed E-state index contributed by atoms with van der Waals surface area (Å²) in [6.45, 7) is 0. The van der Waals surface area contributed by atoms with Gasteiger partial charge in [0.05, 0.1) is 18.5 Å². The topological polar surface area (TPSA) is 86.5 Å². The van der Waals surface area contributed by atoms with E-state index in [2.05, 4.69) is 0 Å². The lowest BCUT2D eigenvalue weighted by Crippen LogP contribution is -2.10. The van der Waals surface area contributed by atoms with E-state index in [1.54, 1.807) is 30.0 Å². The van der Waals surface area contributed by atoms with Crippen LogP contribution in [0.5, 0.6) is 0 Å². The molecule has 1 unspecified atom stereocenters. The number of hydrogen-bond donors (Lipinski definition) is 0. The van der Waals surface area contributed by atoms with Gasteiger partial charge in [-0.1, -0.05) is 42.5 Å².